The molecule has 1 aliphatic carbocycles. The van der Waals surface area contributed by atoms with Gasteiger partial charge in [0.1, 0.15) is 0 Å². The van der Waals surface area contributed by atoms with Crippen LogP contribution in [0.25, 0.3) is 0 Å². The zero-order valence-corrected chi connectivity index (χ0v) is 13.5. The fourth-order valence-corrected chi connectivity index (χ4v) is 3.76. The molecule has 0 radical (unpaired) electrons. The van der Waals surface area contributed by atoms with Crippen molar-refractivity contribution in [2.75, 3.05) is 0 Å². The SMILES string of the molecule is CC(CC(N)C1CCC(C)C(C)C1)CC(C)(C)C. The lowest BCUT2D eigenvalue weighted by Gasteiger charge is -2.36. The normalized spacial score (nSPS) is 33.2. The maximum atomic E-state index is 6.48. The molecule has 0 aromatic rings. The minimum absolute atomic E-state index is 0.428. The maximum absolute atomic E-state index is 6.48. The molecule has 108 valence electrons. The molecule has 2 N–H and O–H groups in total. The molecule has 0 heterocycles. The van der Waals surface area contributed by atoms with Crippen LogP contribution in [0.2, 0.25) is 0 Å². The average Bonchev–Trinajstić information content (AvgIpc) is 2.18. The highest BCUT2D eigenvalue weighted by atomic mass is 14.7. The predicted molar refractivity (Wildman–Crippen MR) is 81.5 cm³/mol. The van der Waals surface area contributed by atoms with Crippen LogP contribution in [0.5, 0.6) is 0 Å². The highest BCUT2D eigenvalue weighted by molar-refractivity contribution is 4.83. The summed E-state index contributed by atoms with van der Waals surface area (Å²) in [5, 5.41) is 0. The minimum atomic E-state index is 0.428. The molecule has 1 heteroatoms. The predicted octanol–water partition coefficient (Wildman–Crippen LogP) is 4.85. The largest absolute Gasteiger partial charge is 0.327 e. The van der Waals surface area contributed by atoms with Crippen molar-refractivity contribution in [1.82, 2.24) is 0 Å². The van der Waals surface area contributed by atoms with E-state index >= 15 is 0 Å². The molecule has 0 amide bonds. The van der Waals surface area contributed by atoms with Crippen LogP contribution in [-0.4, -0.2) is 6.04 Å². The summed E-state index contributed by atoms with van der Waals surface area (Å²) in [5.74, 6) is 3.31. The van der Waals surface area contributed by atoms with Crippen molar-refractivity contribution in [3.8, 4) is 0 Å². The van der Waals surface area contributed by atoms with E-state index in [9.17, 15) is 0 Å². The Bertz CT molecular complexity index is 240. The number of hydrogen-bond donors (Lipinski definition) is 1. The van der Waals surface area contributed by atoms with Crippen LogP contribution in [0.1, 0.15) is 73.6 Å². The summed E-state index contributed by atoms with van der Waals surface area (Å²) in [6.45, 7) is 14.2. The van der Waals surface area contributed by atoms with Gasteiger partial charge in [0.2, 0.25) is 0 Å². The van der Waals surface area contributed by atoms with E-state index in [0.29, 0.717) is 11.5 Å². The van der Waals surface area contributed by atoms with Gasteiger partial charge in [-0.1, -0.05) is 48.0 Å². The van der Waals surface area contributed by atoms with Gasteiger partial charge in [0, 0.05) is 6.04 Å². The molecule has 0 bridgehead atoms. The lowest BCUT2D eigenvalue weighted by atomic mass is 9.71. The van der Waals surface area contributed by atoms with E-state index in [1.807, 2.05) is 0 Å². The molecule has 0 spiro atoms. The van der Waals surface area contributed by atoms with Crippen LogP contribution in [0.15, 0.2) is 0 Å². The summed E-state index contributed by atoms with van der Waals surface area (Å²) in [6.07, 6.45) is 6.59. The van der Waals surface area contributed by atoms with Crippen molar-refractivity contribution in [3.05, 3.63) is 0 Å². The third-order valence-electron chi connectivity index (χ3n) is 4.88. The van der Waals surface area contributed by atoms with Gasteiger partial charge in [0.05, 0.1) is 0 Å². The monoisotopic (exact) mass is 253 g/mol. The number of nitrogens with two attached hydrogens (primary N) is 1. The molecular weight excluding hydrogens is 218 g/mol. The van der Waals surface area contributed by atoms with Crippen molar-refractivity contribution >= 4 is 0 Å². The van der Waals surface area contributed by atoms with E-state index in [0.717, 1.165) is 23.7 Å². The van der Waals surface area contributed by atoms with Crippen LogP contribution in [0.4, 0.5) is 0 Å². The molecular formula is C17H35N. The van der Waals surface area contributed by atoms with Crippen molar-refractivity contribution < 1.29 is 0 Å². The quantitative estimate of drug-likeness (QED) is 0.761. The van der Waals surface area contributed by atoms with Gasteiger partial charge in [-0.05, 0) is 54.8 Å². The fourth-order valence-electron chi connectivity index (χ4n) is 3.76. The van der Waals surface area contributed by atoms with E-state index in [2.05, 4.69) is 41.5 Å². The summed E-state index contributed by atoms with van der Waals surface area (Å²) in [6, 6.07) is 0.428. The Hall–Kier alpha value is -0.0400. The smallest absolute Gasteiger partial charge is 0.00698 e. The van der Waals surface area contributed by atoms with Gasteiger partial charge in [0.25, 0.3) is 0 Å². The topological polar surface area (TPSA) is 26.0 Å². The summed E-state index contributed by atoms with van der Waals surface area (Å²) in [7, 11) is 0. The Morgan fingerprint density at radius 1 is 1.11 bits per heavy atom. The Balaban J connectivity index is 2.38. The van der Waals surface area contributed by atoms with E-state index in [4.69, 9.17) is 5.73 Å². The van der Waals surface area contributed by atoms with E-state index in [1.165, 1.54) is 32.1 Å². The molecule has 18 heavy (non-hydrogen) atoms. The van der Waals surface area contributed by atoms with Gasteiger partial charge < -0.3 is 5.73 Å². The molecule has 1 aliphatic rings. The van der Waals surface area contributed by atoms with Gasteiger partial charge in [0.15, 0.2) is 0 Å². The fraction of sp³-hybridized carbons (Fsp3) is 1.00. The molecule has 0 aromatic heterocycles. The lowest BCUT2D eigenvalue weighted by Crippen LogP contribution is -2.37. The number of hydrogen-bond acceptors (Lipinski definition) is 1. The Morgan fingerprint density at radius 2 is 1.72 bits per heavy atom. The van der Waals surface area contributed by atoms with Crippen LogP contribution in [0.3, 0.4) is 0 Å². The second-order valence-electron chi connectivity index (χ2n) is 8.30. The molecule has 1 nitrogen and oxygen atoms in total. The Kier molecular flexibility index (Phi) is 5.70. The number of rotatable bonds is 4. The van der Waals surface area contributed by atoms with Crippen molar-refractivity contribution in [3.63, 3.8) is 0 Å². The minimum Gasteiger partial charge on any atom is -0.327 e. The summed E-state index contributed by atoms with van der Waals surface area (Å²) < 4.78 is 0. The highest BCUT2D eigenvalue weighted by Gasteiger charge is 2.29. The van der Waals surface area contributed by atoms with Gasteiger partial charge in [-0.3, -0.25) is 0 Å². The van der Waals surface area contributed by atoms with Gasteiger partial charge in [-0.2, -0.15) is 0 Å². The molecule has 5 atom stereocenters. The first-order valence-electron chi connectivity index (χ1n) is 7.94. The van der Waals surface area contributed by atoms with Crippen LogP contribution in [0, 0.1) is 29.1 Å². The van der Waals surface area contributed by atoms with Gasteiger partial charge in [-0.25, -0.2) is 0 Å². The molecule has 0 aromatic carbocycles. The van der Waals surface area contributed by atoms with Crippen molar-refractivity contribution in [2.45, 2.75) is 79.7 Å². The lowest BCUT2D eigenvalue weighted by molar-refractivity contribution is 0.168. The van der Waals surface area contributed by atoms with Crippen LogP contribution in [-0.2, 0) is 0 Å². The molecule has 0 aliphatic heterocycles. The second-order valence-corrected chi connectivity index (χ2v) is 8.30. The highest BCUT2D eigenvalue weighted by Crippen LogP contribution is 2.36. The van der Waals surface area contributed by atoms with E-state index in [-0.39, 0.29) is 0 Å². The van der Waals surface area contributed by atoms with Crippen molar-refractivity contribution in [1.29, 1.82) is 0 Å². The summed E-state index contributed by atoms with van der Waals surface area (Å²) in [5.41, 5.74) is 6.91. The average molecular weight is 253 g/mol. The first-order valence-corrected chi connectivity index (χ1v) is 7.94. The molecule has 1 saturated carbocycles. The maximum Gasteiger partial charge on any atom is 0.00698 e. The standard InChI is InChI=1S/C17H35N/c1-12(11-17(4,5)6)9-16(18)15-8-7-13(2)14(3)10-15/h12-16H,7-11,18H2,1-6H3. The third kappa shape index (κ3) is 5.30. The Morgan fingerprint density at radius 3 is 2.22 bits per heavy atom. The first-order chi connectivity index (χ1) is 8.19. The molecule has 1 rings (SSSR count). The van der Waals surface area contributed by atoms with Crippen LogP contribution >= 0.6 is 0 Å². The van der Waals surface area contributed by atoms with Gasteiger partial charge >= 0.3 is 0 Å². The molecule has 0 saturated heterocycles. The Labute approximate surface area is 115 Å². The van der Waals surface area contributed by atoms with Gasteiger partial charge in [-0.15, -0.1) is 0 Å². The zero-order chi connectivity index (χ0) is 13.9. The summed E-state index contributed by atoms with van der Waals surface area (Å²) in [4.78, 5) is 0. The second kappa shape index (κ2) is 6.41. The van der Waals surface area contributed by atoms with Crippen molar-refractivity contribution in [2.24, 2.45) is 34.8 Å². The first kappa shape index (κ1) is 16.0. The zero-order valence-electron chi connectivity index (χ0n) is 13.5. The summed E-state index contributed by atoms with van der Waals surface area (Å²) >= 11 is 0. The van der Waals surface area contributed by atoms with Crippen LogP contribution < -0.4 is 5.73 Å². The molecule has 1 fully saturated rings. The molecule has 5 unspecified atom stereocenters. The van der Waals surface area contributed by atoms with E-state index in [1.54, 1.807) is 0 Å². The third-order valence-corrected chi connectivity index (χ3v) is 4.88. The van der Waals surface area contributed by atoms with E-state index < -0.39 is 0 Å².